The summed E-state index contributed by atoms with van der Waals surface area (Å²) in [7, 11) is 0. The molecule has 0 amide bonds. The second kappa shape index (κ2) is 6.21. The number of hydrogen-bond acceptors (Lipinski definition) is 3. The third-order valence-corrected chi connectivity index (χ3v) is 3.33. The lowest BCUT2D eigenvalue weighted by Gasteiger charge is -2.32. The van der Waals surface area contributed by atoms with Gasteiger partial charge in [-0.05, 0) is 56.8 Å². The molecule has 1 fully saturated rings. The number of benzene rings is 1. The van der Waals surface area contributed by atoms with E-state index in [1.165, 1.54) is 18.4 Å². The molecule has 1 saturated carbocycles. The molecule has 1 aliphatic rings. The minimum absolute atomic E-state index is 0.233. The summed E-state index contributed by atoms with van der Waals surface area (Å²) in [5.41, 5.74) is 7.07. The maximum Gasteiger partial charge on any atom is 0.119 e. The Morgan fingerprint density at radius 2 is 1.94 bits per heavy atom. The average molecular weight is 248 g/mol. The highest BCUT2D eigenvalue weighted by atomic mass is 16.5. The zero-order valence-corrected chi connectivity index (χ0v) is 11.4. The fourth-order valence-electron chi connectivity index (χ4n) is 2.33. The zero-order valence-electron chi connectivity index (χ0n) is 11.4. The summed E-state index contributed by atoms with van der Waals surface area (Å²) in [6.07, 6.45) is 2.58. The first-order chi connectivity index (χ1) is 8.63. The van der Waals surface area contributed by atoms with Gasteiger partial charge in [-0.15, -0.1) is 0 Å². The fourth-order valence-corrected chi connectivity index (χ4v) is 2.33. The van der Waals surface area contributed by atoms with Crippen molar-refractivity contribution in [2.45, 2.75) is 45.4 Å². The van der Waals surface area contributed by atoms with E-state index in [1.807, 2.05) is 26.0 Å². The Labute approximate surface area is 110 Å². The first kappa shape index (κ1) is 13.4. The van der Waals surface area contributed by atoms with Crippen LogP contribution in [-0.2, 0) is 6.54 Å². The van der Waals surface area contributed by atoms with Gasteiger partial charge in [-0.25, -0.2) is 0 Å². The van der Waals surface area contributed by atoms with Crippen LogP contribution < -0.4 is 15.8 Å². The van der Waals surface area contributed by atoms with Gasteiger partial charge in [-0.2, -0.15) is 0 Å². The molecule has 0 unspecified atom stereocenters. The van der Waals surface area contributed by atoms with Crippen molar-refractivity contribution in [2.24, 2.45) is 11.7 Å². The van der Waals surface area contributed by atoms with Gasteiger partial charge in [0, 0.05) is 12.6 Å². The van der Waals surface area contributed by atoms with Gasteiger partial charge in [0.15, 0.2) is 0 Å². The molecule has 1 aromatic carbocycles. The third kappa shape index (κ3) is 4.00. The highest BCUT2D eigenvalue weighted by Gasteiger charge is 2.24. The molecule has 100 valence electrons. The molecule has 0 aromatic heterocycles. The number of hydrogen-bond donors (Lipinski definition) is 2. The van der Waals surface area contributed by atoms with Crippen molar-refractivity contribution in [3.05, 3.63) is 29.8 Å². The lowest BCUT2D eigenvalue weighted by molar-refractivity contribution is 0.242. The Morgan fingerprint density at radius 1 is 1.28 bits per heavy atom. The predicted octanol–water partition coefficient (Wildman–Crippen LogP) is 2.30. The van der Waals surface area contributed by atoms with Crippen LogP contribution in [0.2, 0.25) is 0 Å². The molecule has 1 aliphatic carbocycles. The Bertz CT molecular complexity index is 355. The van der Waals surface area contributed by atoms with Crippen molar-refractivity contribution in [3.63, 3.8) is 0 Å². The SMILES string of the molecule is CC(C)Oc1ccc(CNCC2CC(N)C2)cc1. The van der Waals surface area contributed by atoms with Crippen LogP contribution in [0.25, 0.3) is 0 Å². The summed E-state index contributed by atoms with van der Waals surface area (Å²) < 4.78 is 5.62. The van der Waals surface area contributed by atoms with E-state index in [2.05, 4.69) is 17.4 Å². The van der Waals surface area contributed by atoms with E-state index in [-0.39, 0.29) is 6.10 Å². The van der Waals surface area contributed by atoms with E-state index in [0.29, 0.717) is 6.04 Å². The number of rotatable bonds is 6. The van der Waals surface area contributed by atoms with Crippen molar-refractivity contribution >= 4 is 0 Å². The van der Waals surface area contributed by atoms with Crippen LogP contribution in [0.3, 0.4) is 0 Å². The summed E-state index contributed by atoms with van der Waals surface area (Å²) in [6, 6.07) is 8.77. The van der Waals surface area contributed by atoms with Crippen LogP contribution in [0.4, 0.5) is 0 Å². The molecule has 2 rings (SSSR count). The molecule has 0 heterocycles. The maximum absolute atomic E-state index is 5.77. The van der Waals surface area contributed by atoms with E-state index in [1.54, 1.807) is 0 Å². The molecule has 0 bridgehead atoms. The Kier molecular flexibility index (Phi) is 4.61. The Balaban J connectivity index is 1.69. The van der Waals surface area contributed by atoms with Crippen LogP contribution in [0.5, 0.6) is 5.75 Å². The molecule has 1 aromatic rings. The minimum Gasteiger partial charge on any atom is -0.491 e. The molecule has 0 spiro atoms. The molecule has 18 heavy (non-hydrogen) atoms. The van der Waals surface area contributed by atoms with Crippen molar-refractivity contribution < 1.29 is 4.74 Å². The molecule has 0 atom stereocenters. The summed E-state index contributed by atoms with van der Waals surface area (Å²) in [5, 5.41) is 3.49. The molecule has 3 nitrogen and oxygen atoms in total. The minimum atomic E-state index is 0.233. The number of ether oxygens (including phenoxy) is 1. The van der Waals surface area contributed by atoms with Crippen LogP contribution in [0.1, 0.15) is 32.3 Å². The summed E-state index contributed by atoms with van der Waals surface area (Å²) in [6.45, 7) is 6.09. The number of nitrogens with two attached hydrogens (primary N) is 1. The van der Waals surface area contributed by atoms with E-state index in [9.17, 15) is 0 Å². The fraction of sp³-hybridized carbons (Fsp3) is 0.600. The van der Waals surface area contributed by atoms with Gasteiger partial charge >= 0.3 is 0 Å². The van der Waals surface area contributed by atoms with Crippen molar-refractivity contribution in [2.75, 3.05) is 6.54 Å². The molecule has 0 saturated heterocycles. The second-order valence-electron chi connectivity index (χ2n) is 5.54. The van der Waals surface area contributed by atoms with Gasteiger partial charge in [0.1, 0.15) is 5.75 Å². The summed E-state index contributed by atoms with van der Waals surface area (Å²) in [5.74, 6) is 1.72. The van der Waals surface area contributed by atoms with Gasteiger partial charge < -0.3 is 15.8 Å². The van der Waals surface area contributed by atoms with Crippen LogP contribution in [0, 0.1) is 5.92 Å². The van der Waals surface area contributed by atoms with Crippen molar-refractivity contribution in [1.29, 1.82) is 0 Å². The molecular formula is C15H24N2O. The van der Waals surface area contributed by atoms with E-state index >= 15 is 0 Å². The standard InChI is InChI=1S/C15H24N2O/c1-11(2)18-15-5-3-12(4-6-15)9-17-10-13-7-14(16)8-13/h3-6,11,13-14,17H,7-10,16H2,1-2H3. The van der Waals surface area contributed by atoms with Gasteiger partial charge in [0.2, 0.25) is 0 Å². The van der Waals surface area contributed by atoms with Gasteiger partial charge in [0.05, 0.1) is 6.10 Å². The van der Waals surface area contributed by atoms with E-state index in [0.717, 1.165) is 24.8 Å². The quantitative estimate of drug-likeness (QED) is 0.812. The maximum atomic E-state index is 5.77. The van der Waals surface area contributed by atoms with E-state index < -0.39 is 0 Å². The molecule has 0 radical (unpaired) electrons. The largest absolute Gasteiger partial charge is 0.491 e. The second-order valence-corrected chi connectivity index (χ2v) is 5.54. The number of nitrogens with one attached hydrogen (secondary N) is 1. The molecule has 3 heteroatoms. The smallest absolute Gasteiger partial charge is 0.119 e. The van der Waals surface area contributed by atoms with Crippen LogP contribution >= 0.6 is 0 Å². The van der Waals surface area contributed by atoms with Gasteiger partial charge in [-0.1, -0.05) is 12.1 Å². The molecule has 3 N–H and O–H groups in total. The van der Waals surface area contributed by atoms with Crippen LogP contribution in [-0.4, -0.2) is 18.7 Å². The lowest BCUT2D eigenvalue weighted by atomic mass is 9.81. The van der Waals surface area contributed by atoms with Crippen molar-refractivity contribution in [3.8, 4) is 5.75 Å². The summed E-state index contributed by atoms with van der Waals surface area (Å²) >= 11 is 0. The van der Waals surface area contributed by atoms with Gasteiger partial charge in [0.25, 0.3) is 0 Å². The Morgan fingerprint density at radius 3 is 2.50 bits per heavy atom. The summed E-state index contributed by atoms with van der Waals surface area (Å²) in [4.78, 5) is 0. The zero-order chi connectivity index (χ0) is 13.0. The predicted molar refractivity (Wildman–Crippen MR) is 74.6 cm³/mol. The Hall–Kier alpha value is -1.06. The highest BCUT2D eigenvalue weighted by molar-refractivity contribution is 5.27. The highest BCUT2D eigenvalue weighted by Crippen LogP contribution is 2.24. The molecular weight excluding hydrogens is 224 g/mol. The first-order valence-electron chi connectivity index (χ1n) is 6.85. The molecule has 0 aliphatic heterocycles. The van der Waals surface area contributed by atoms with Crippen LogP contribution in [0.15, 0.2) is 24.3 Å². The monoisotopic (exact) mass is 248 g/mol. The normalized spacial score (nSPS) is 22.9. The third-order valence-electron chi connectivity index (χ3n) is 3.33. The van der Waals surface area contributed by atoms with Gasteiger partial charge in [-0.3, -0.25) is 0 Å². The first-order valence-corrected chi connectivity index (χ1v) is 6.85. The lowest BCUT2D eigenvalue weighted by Crippen LogP contribution is -2.41. The van der Waals surface area contributed by atoms with E-state index in [4.69, 9.17) is 10.5 Å². The topological polar surface area (TPSA) is 47.3 Å². The average Bonchev–Trinajstić information content (AvgIpc) is 2.28. The van der Waals surface area contributed by atoms with Crippen molar-refractivity contribution in [1.82, 2.24) is 5.32 Å².